The molecule has 2 atom stereocenters. The Morgan fingerprint density at radius 2 is 1.94 bits per heavy atom. The Balaban J connectivity index is 2.50. The topological polar surface area (TPSA) is 104 Å². The Morgan fingerprint density at radius 3 is 2.42 bits per heavy atom. The fourth-order valence-electron chi connectivity index (χ4n) is 2.94. The number of halogens is 5. The summed E-state index contributed by atoms with van der Waals surface area (Å²) in [5, 5.41) is 9.12. The number of benzene rings is 1. The van der Waals surface area contributed by atoms with E-state index in [2.05, 4.69) is 0 Å². The minimum atomic E-state index is -4.67. The molecule has 0 spiro atoms. The van der Waals surface area contributed by atoms with Crippen LogP contribution in [0.15, 0.2) is 52.7 Å². The molecule has 12 heteroatoms. The molecule has 0 aliphatic heterocycles. The molecule has 2 N–H and O–H groups in total. The van der Waals surface area contributed by atoms with Crippen molar-refractivity contribution in [1.29, 1.82) is 5.26 Å². The first kappa shape index (κ1) is 24.8. The second-order valence-corrected chi connectivity index (χ2v) is 9.13. The van der Waals surface area contributed by atoms with Gasteiger partial charge in [-0.25, -0.2) is 12.8 Å². The van der Waals surface area contributed by atoms with Crippen LogP contribution in [-0.4, -0.2) is 37.4 Å². The summed E-state index contributed by atoms with van der Waals surface area (Å²) in [5.74, 6) is -2.87. The van der Waals surface area contributed by atoms with Crippen LogP contribution in [0.1, 0.15) is 19.3 Å². The lowest BCUT2D eigenvalue weighted by atomic mass is 9.96. The zero-order chi connectivity index (χ0) is 23.4. The summed E-state index contributed by atoms with van der Waals surface area (Å²) >= 11 is 5.76. The smallest absolute Gasteiger partial charge is 0.368 e. The lowest BCUT2D eigenvalue weighted by Crippen LogP contribution is -2.49. The van der Waals surface area contributed by atoms with E-state index in [1.54, 1.807) is 0 Å². The molecular formula is C19H18ClF4N3O3S. The Hall–Kier alpha value is -2.42. The number of nitrogens with two attached hydrogens (primary N) is 1. The molecule has 1 aromatic rings. The predicted octanol–water partition coefficient (Wildman–Crippen LogP) is 3.85. The van der Waals surface area contributed by atoms with E-state index in [1.165, 1.54) is 24.3 Å². The van der Waals surface area contributed by atoms with E-state index in [0.29, 0.717) is 4.31 Å². The Morgan fingerprint density at radius 1 is 1.32 bits per heavy atom. The number of sulfonamides is 1. The van der Waals surface area contributed by atoms with E-state index in [4.69, 9.17) is 22.6 Å². The Kier molecular flexibility index (Phi) is 7.86. The first-order valence-corrected chi connectivity index (χ1v) is 10.8. The van der Waals surface area contributed by atoms with Gasteiger partial charge in [-0.05, 0) is 36.3 Å². The lowest BCUT2D eigenvalue weighted by molar-refractivity contribution is -0.140. The van der Waals surface area contributed by atoms with Crippen molar-refractivity contribution in [3.8, 4) is 6.07 Å². The molecule has 0 radical (unpaired) electrons. The SMILES string of the molecule is N#CC1C=CC(CN([C@H](CCC(F)(F)F)C(N)=O)S(=O)(=O)c2ccc(Cl)cc2)=C(F)C1. The van der Waals surface area contributed by atoms with Gasteiger partial charge in [0, 0.05) is 24.4 Å². The third-order valence-corrected chi connectivity index (χ3v) is 6.69. The van der Waals surface area contributed by atoms with Crippen LogP contribution in [0, 0.1) is 17.2 Å². The van der Waals surface area contributed by atoms with Crippen molar-refractivity contribution < 1.29 is 30.8 Å². The summed E-state index contributed by atoms with van der Waals surface area (Å²) in [6.07, 6.45) is -4.87. The van der Waals surface area contributed by atoms with Gasteiger partial charge >= 0.3 is 6.18 Å². The van der Waals surface area contributed by atoms with Crippen molar-refractivity contribution in [3.05, 3.63) is 52.8 Å². The van der Waals surface area contributed by atoms with Crippen molar-refractivity contribution >= 4 is 27.5 Å². The van der Waals surface area contributed by atoms with E-state index in [-0.39, 0.29) is 21.9 Å². The van der Waals surface area contributed by atoms with Gasteiger partial charge in [0.1, 0.15) is 11.9 Å². The number of hydrogen-bond acceptors (Lipinski definition) is 4. The minimum absolute atomic E-state index is 0.178. The number of allylic oxidation sites excluding steroid dienone is 2. The fourth-order valence-corrected chi connectivity index (χ4v) is 4.67. The highest BCUT2D eigenvalue weighted by molar-refractivity contribution is 7.89. The van der Waals surface area contributed by atoms with Crippen molar-refractivity contribution in [3.63, 3.8) is 0 Å². The highest BCUT2D eigenvalue weighted by Crippen LogP contribution is 2.31. The van der Waals surface area contributed by atoms with Crippen LogP contribution >= 0.6 is 11.6 Å². The number of carbonyl (C=O) groups excluding carboxylic acids is 1. The molecule has 1 aromatic carbocycles. The van der Waals surface area contributed by atoms with Crippen LogP contribution in [-0.2, 0) is 14.8 Å². The third kappa shape index (κ3) is 6.53. The van der Waals surface area contributed by atoms with Gasteiger partial charge in [-0.1, -0.05) is 23.8 Å². The molecule has 1 aliphatic carbocycles. The Bertz CT molecular complexity index is 1030. The van der Waals surface area contributed by atoms with Gasteiger partial charge < -0.3 is 5.73 Å². The van der Waals surface area contributed by atoms with E-state index in [1.807, 2.05) is 6.07 Å². The summed E-state index contributed by atoms with van der Waals surface area (Å²) < 4.78 is 79.6. The summed E-state index contributed by atoms with van der Waals surface area (Å²) in [6.45, 7) is -0.739. The molecule has 31 heavy (non-hydrogen) atoms. The van der Waals surface area contributed by atoms with Gasteiger partial charge in [-0.15, -0.1) is 0 Å². The molecule has 1 amide bonds. The number of nitrogens with zero attached hydrogens (tertiary/aromatic N) is 2. The average molecular weight is 480 g/mol. The van der Waals surface area contributed by atoms with Crippen LogP contribution in [0.25, 0.3) is 0 Å². The van der Waals surface area contributed by atoms with Crippen molar-refractivity contribution in [1.82, 2.24) is 4.31 Å². The second kappa shape index (κ2) is 9.80. The number of hydrogen-bond donors (Lipinski definition) is 1. The Labute approximate surface area is 181 Å². The van der Waals surface area contributed by atoms with E-state index >= 15 is 0 Å². The molecule has 0 saturated carbocycles. The van der Waals surface area contributed by atoms with E-state index in [9.17, 15) is 30.8 Å². The summed E-state index contributed by atoms with van der Waals surface area (Å²) in [7, 11) is -4.56. The van der Waals surface area contributed by atoms with Crippen molar-refractivity contribution in [2.75, 3.05) is 6.54 Å². The van der Waals surface area contributed by atoms with Crippen LogP contribution in [0.2, 0.25) is 5.02 Å². The first-order valence-electron chi connectivity index (χ1n) is 8.94. The first-order chi connectivity index (χ1) is 14.3. The molecule has 1 aliphatic rings. The van der Waals surface area contributed by atoms with Gasteiger partial charge in [0.25, 0.3) is 0 Å². The third-order valence-electron chi connectivity index (χ3n) is 4.57. The van der Waals surface area contributed by atoms with Gasteiger partial charge in [-0.2, -0.15) is 22.7 Å². The van der Waals surface area contributed by atoms with Crippen molar-refractivity contribution in [2.45, 2.75) is 36.4 Å². The molecule has 6 nitrogen and oxygen atoms in total. The lowest BCUT2D eigenvalue weighted by Gasteiger charge is -2.30. The quantitative estimate of drug-likeness (QED) is 0.572. The molecule has 0 saturated heterocycles. The zero-order valence-corrected chi connectivity index (χ0v) is 17.5. The monoisotopic (exact) mass is 479 g/mol. The van der Waals surface area contributed by atoms with Crippen LogP contribution in [0.3, 0.4) is 0 Å². The van der Waals surface area contributed by atoms with Crippen LogP contribution in [0.4, 0.5) is 17.6 Å². The van der Waals surface area contributed by atoms with E-state index in [0.717, 1.165) is 12.1 Å². The fraction of sp³-hybridized carbons (Fsp3) is 0.368. The number of rotatable bonds is 8. The number of alkyl halides is 3. The molecule has 0 fully saturated rings. The molecule has 0 aromatic heterocycles. The molecule has 0 heterocycles. The number of primary amides is 1. The number of carbonyl (C=O) groups is 1. The second-order valence-electron chi connectivity index (χ2n) is 6.81. The zero-order valence-electron chi connectivity index (χ0n) is 15.9. The average Bonchev–Trinajstić information content (AvgIpc) is 2.67. The highest BCUT2D eigenvalue weighted by Gasteiger charge is 2.39. The highest BCUT2D eigenvalue weighted by atomic mass is 35.5. The summed E-state index contributed by atoms with van der Waals surface area (Å²) in [4.78, 5) is 11.6. The van der Waals surface area contributed by atoms with Gasteiger partial charge in [0.05, 0.1) is 16.9 Å². The van der Waals surface area contributed by atoms with Gasteiger partial charge in [0.2, 0.25) is 15.9 Å². The molecule has 0 bridgehead atoms. The number of amides is 1. The van der Waals surface area contributed by atoms with E-state index < -0.39 is 59.3 Å². The standard InChI is InChI=1S/C19H18ClF4N3O3S/c20-14-3-5-15(6-4-14)31(29,30)27(17(18(26)28)7-8-19(22,23)24)11-13-2-1-12(10-25)9-16(13)21/h1-6,12,17H,7-9,11H2,(H2,26,28)/t12?,17-/m1/s1. The normalized spacial score (nSPS) is 18.2. The van der Waals surface area contributed by atoms with Crippen LogP contribution < -0.4 is 5.73 Å². The minimum Gasteiger partial charge on any atom is -0.368 e. The number of nitriles is 1. The maximum atomic E-state index is 14.5. The molecule has 168 valence electrons. The van der Waals surface area contributed by atoms with Gasteiger partial charge in [-0.3, -0.25) is 4.79 Å². The molecule has 2 rings (SSSR count). The maximum Gasteiger partial charge on any atom is 0.389 e. The predicted molar refractivity (Wildman–Crippen MR) is 105 cm³/mol. The van der Waals surface area contributed by atoms with Crippen molar-refractivity contribution in [2.24, 2.45) is 11.7 Å². The maximum absolute atomic E-state index is 14.5. The molecular weight excluding hydrogens is 462 g/mol. The molecule has 1 unspecified atom stereocenters. The summed E-state index contributed by atoms with van der Waals surface area (Å²) in [6, 6.07) is 4.68. The summed E-state index contributed by atoms with van der Waals surface area (Å²) in [5.41, 5.74) is 5.07. The van der Waals surface area contributed by atoms with Gasteiger partial charge in [0.15, 0.2) is 0 Å². The largest absolute Gasteiger partial charge is 0.389 e. The van der Waals surface area contributed by atoms with Crippen LogP contribution in [0.5, 0.6) is 0 Å².